The van der Waals surface area contributed by atoms with Crippen LogP contribution in [0.15, 0.2) is 90.0 Å². The van der Waals surface area contributed by atoms with Crippen LogP contribution < -0.4 is 42.4 Å². The van der Waals surface area contributed by atoms with Crippen LogP contribution in [-0.2, 0) is 90.8 Å². The Bertz CT molecular complexity index is 5220. The number of ether oxygens (including phenoxy) is 5. The molecule has 15 N–H and O–H groups in total. The van der Waals surface area contributed by atoms with Gasteiger partial charge in [-0.2, -0.15) is 4.98 Å². The van der Waals surface area contributed by atoms with E-state index in [1.807, 2.05) is 67.3 Å². The predicted molar refractivity (Wildman–Crippen MR) is 453 cm³/mol. The molecular formula is C85H108N16O21S2. The van der Waals surface area contributed by atoms with Crippen molar-refractivity contribution in [1.29, 1.82) is 0 Å². The number of carboxylic acids is 1. The Morgan fingerprint density at radius 3 is 2.43 bits per heavy atom. The molecule has 4 amide bonds. The van der Waals surface area contributed by atoms with E-state index in [1.54, 1.807) is 26.3 Å². The number of hydrogen-bond acceptors (Lipinski definition) is 31. The number of unbranched alkanes of at least 4 members (excludes halogenated alkanes) is 1. The first-order valence-corrected chi connectivity index (χ1v) is 44.5. The number of fused-ring (bicyclic) bond motifs is 7. The van der Waals surface area contributed by atoms with Crippen molar-refractivity contribution >= 4 is 103 Å². The number of para-hydroxylation sites is 1. The Labute approximate surface area is 721 Å². The summed E-state index contributed by atoms with van der Waals surface area (Å²) in [5.74, 6) is -4.37. The number of nitrogens with two attached hydrogens (primary N) is 1. The maximum Gasteiger partial charge on any atom is 0.426 e. The molecule has 14 rings (SSSR count). The minimum Gasteiger partial charge on any atom is -0.496 e. The maximum atomic E-state index is 15.4. The first-order chi connectivity index (χ1) is 59.5. The molecule has 1 saturated carbocycles. The molecule has 37 nitrogen and oxygen atoms in total. The lowest BCUT2D eigenvalue weighted by molar-refractivity contribution is -0.294. The lowest BCUT2D eigenvalue weighted by Crippen LogP contribution is -2.82. The minimum atomic E-state index is -2.62. The number of nitrogen functional groups attached to an aromatic ring is 1. The van der Waals surface area contributed by atoms with Crippen molar-refractivity contribution < 1.29 is 97.8 Å². The average molecular weight is 1750 g/mol. The number of aromatic amines is 2. The predicted octanol–water partition coefficient (Wildman–Crippen LogP) is 2.16. The molecule has 1 spiro atoms. The van der Waals surface area contributed by atoms with E-state index >= 15 is 4.79 Å². The van der Waals surface area contributed by atoms with Crippen molar-refractivity contribution in [3.05, 3.63) is 140 Å². The second kappa shape index (κ2) is 38.0. The van der Waals surface area contributed by atoms with Crippen molar-refractivity contribution in [2.24, 2.45) is 17.3 Å². The van der Waals surface area contributed by atoms with Gasteiger partial charge in [-0.1, -0.05) is 95.3 Å². The first kappa shape index (κ1) is 90.2. The van der Waals surface area contributed by atoms with Gasteiger partial charge in [-0.25, -0.2) is 29.7 Å². The number of hydrogen-bond donors (Lipinski definition) is 14. The van der Waals surface area contributed by atoms with Crippen LogP contribution in [0.2, 0.25) is 0 Å². The molecule has 124 heavy (non-hydrogen) atoms. The van der Waals surface area contributed by atoms with Gasteiger partial charge < -0.3 is 85.7 Å². The number of carboxylic acid groups (broad SMARTS) is 1. The lowest BCUT2D eigenvalue weighted by Gasteiger charge is -2.63. The fourth-order valence-electron chi connectivity index (χ4n) is 20.2. The fourth-order valence-corrected chi connectivity index (χ4v) is 22.0. The Morgan fingerprint density at radius 1 is 0.879 bits per heavy atom. The molecule has 666 valence electrons. The monoisotopic (exact) mass is 1750 g/mol. The highest BCUT2D eigenvalue weighted by atomic mass is 33.1. The van der Waals surface area contributed by atoms with Crippen molar-refractivity contribution in [3.63, 3.8) is 0 Å². The zero-order chi connectivity index (χ0) is 88.2. The van der Waals surface area contributed by atoms with E-state index in [-0.39, 0.29) is 98.9 Å². The minimum absolute atomic E-state index is 0.00720. The summed E-state index contributed by atoms with van der Waals surface area (Å²) in [5, 5.41) is 94.2. The van der Waals surface area contributed by atoms with Gasteiger partial charge in [0.25, 0.3) is 17.9 Å². The summed E-state index contributed by atoms with van der Waals surface area (Å²) in [6.07, 6.45) is -0.636. The van der Waals surface area contributed by atoms with Crippen LogP contribution in [0.4, 0.5) is 16.4 Å². The summed E-state index contributed by atoms with van der Waals surface area (Å²) in [6.45, 7) is 8.45. The third-order valence-corrected chi connectivity index (χ3v) is 28.5. The second-order valence-electron chi connectivity index (χ2n) is 33.6. The van der Waals surface area contributed by atoms with Crippen LogP contribution in [0.25, 0.3) is 22.1 Å². The normalized spacial score (nSPS) is 27.8. The van der Waals surface area contributed by atoms with E-state index in [9.17, 15) is 74.1 Å². The molecule has 7 aliphatic rings. The van der Waals surface area contributed by atoms with E-state index < -0.39 is 129 Å². The van der Waals surface area contributed by atoms with Gasteiger partial charge in [-0.15, -0.1) is 5.10 Å². The van der Waals surface area contributed by atoms with E-state index in [4.69, 9.17) is 29.4 Å². The number of nitrogens with zero attached hydrogens (tertiary/aromatic N) is 9. The summed E-state index contributed by atoms with van der Waals surface area (Å²) in [7, 11) is 6.02. The zero-order valence-electron chi connectivity index (χ0n) is 69.7. The Kier molecular flexibility index (Phi) is 27.7. The molecule has 3 aromatic carbocycles. The number of nitrogens with one attached hydrogen (secondary N) is 6. The van der Waals surface area contributed by atoms with Crippen LogP contribution in [0.1, 0.15) is 135 Å². The topological polar surface area (TPSA) is 526 Å². The number of carbonyl (C=O) groups excluding carboxylic acids is 7. The summed E-state index contributed by atoms with van der Waals surface area (Å²) in [4.78, 5) is 146. The Hall–Kier alpha value is -10.0. The van der Waals surface area contributed by atoms with E-state index in [0.717, 1.165) is 33.3 Å². The van der Waals surface area contributed by atoms with Crippen LogP contribution in [-0.4, -0.2) is 284 Å². The van der Waals surface area contributed by atoms with Gasteiger partial charge >= 0.3 is 12.1 Å². The molecule has 4 aromatic heterocycles. The number of rotatable bonds is 36. The summed E-state index contributed by atoms with van der Waals surface area (Å²) in [6, 6.07) is 16.7. The number of Topliss-reactive ketones (excluding diaryl/α,β-unsaturated/α-hetero) is 2. The largest absolute Gasteiger partial charge is 0.496 e. The second-order valence-corrected chi connectivity index (χ2v) is 36.3. The smallest absolute Gasteiger partial charge is 0.426 e. The summed E-state index contributed by atoms with van der Waals surface area (Å²) >= 11 is 0. The van der Waals surface area contributed by atoms with Gasteiger partial charge in [0.1, 0.15) is 43.4 Å². The summed E-state index contributed by atoms with van der Waals surface area (Å²) < 4.78 is 30.1. The van der Waals surface area contributed by atoms with E-state index in [1.165, 1.54) is 45.6 Å². The number of aliphatic hydroxyl groups is 6. The molecule has 3 unspecified atom stereocenters. The van der Waals surface area contributed by atoms with Crippen molar-refractivity contribution in [3.8, 4) is 5.75 Å². The number of aliphatic hydroxyl groups excluding tert-OH is 4. The molecular weight excluding hydrogens is 1650 g/mol. The Balaban J connectivity index is 0.587. The number of aryl methyl sites for hydroxylation is 2. The van der Waals surface area contributed by atoms with Gasteiger partial charge in [0.05, 0.1) is 66.9 Å². The highest BCUT2D eigenvalue weighted by Gasteiger charge is 2.79. The molecule has 0 radical (unpaired) electrons. The maximum absolute atomic E-state index is 15.4. The van der Waals surface area contributed by atoms with Gasteiger partial charge in [0, 0.05) is 140 Å². The third kappa shape index (κ3) is 18.0. The first-order valence-electron chi connectivity index (χ1n) is 42.0. The molecule has 6 aliphatic heterocycles. The number of amides is 4. The number of H-pyrrole nitrogens is 2. The van der Waals surface area contributed by atoms with Crippen LogP contribution >= 0.6 is 21.6 Å². The lowest BCUT2D eigenvalue weighted by atomic mass is 9.47. The van der Waals surface area contributed by atoms with Crippen molar-refractivity contribution in [2.75, 3.05) is 95.4 Å². The molecule has 7 aromatic rings. The average Bonchev–Trinajstić information content (AvgIpc) is 1.47. The van der Waals surface area contributed by atoms with Crippen LogP contribution in [0.5, 0.6) is 5.75 Å². The molecule has 3 saturated heterocycles. The van der Waals surface area contributed by atoms with Gasteiger partial charge in [-0.3, -0.25) is 53.8 Å². The number of aliphatic carboxylic acids is 1. The number of ketones is 2. The molecule has 2 bridgehead atoms. The molecule has 1 aliphatic carbocycles. The van der Waals surface area contributed by atoms with E-state index in [2.05, 4.69) is 78.6 Å². The third-order valence-electron chi connectivity index (χ3n) is 26.1. The molecule has 4 fully saturated rings. The van der Waals surface area contributed by atoms with Crippen LogP contribution in [0, 0.1) is 17.3 Å². The number of likely N-dealkylation sites (N-methyl/N-ethyl adjacent to an activating group) is 1. The highest BCUT2D eigenvalue weighted by molar-refractivity contribution is 8.76. The number of aromatic nitrogens is 8. The van der Waals surface area contributed by atoms with Gasteiger partial charge in [0.2, 0.25) is 17.8 Å². The number of hydrazine groups is 1. The van der Waals surface area contributed by atoms with Gasteiger partial charge in [0.15, 0.2) is 40.7 Å². The van der Waals surface area contributed by atoms with E-state index in [0.29, 0.717) is 137 Å². The van der Waals surface area contributed by atoms with Crippen LogP contribution in [0.3, 0.4) is 0 Å². The fraction of sp³-hybridized carbons (Fsp3) is 0.553. The van der Waals surface area contributed by atoms with Gasteiger partial charge in [-0.05, 0) is 112 Å². The molecule has 39 heteroatoms. The number of carbonyl (C=O) groups is 8. The number of piperidine rings is 1. The van der Waals surface area contributed by atoms with Crippen molar-refractivity contribution in [1.82, 2.24) is 71.2 Å². The summed E-state index contributed by atoms with van der Waals surface area (Å²) in [5.41, 5.74) is 10.4. The quantitative estimate of drug-likeness (QED) is 0.00668. The van der Waals surface area contributed by atoms with Crippen molar-refractivity contribution in [2.45, 2.75) is 194 Å². The molecule has 10 heterocycles. The molecule has 17 atom stereocenters. The standard InChI is InChI=1S/C85H108N16O21S2/c1-6-81(116)39-49-40-83(45-119-46-102,69-55(23-28-99(42-49)44-81)54-13-8-9-14-58(54)91-69)57-37-56-59(38-62(57)118-5)98(4)76-84(56)25-29-100-27-12-24-82(7-2,75(84)100)77(113)85(76,117)78(114)95-96-80(115)121-32-34-124-123-33-26-87-71(109)51(35-53-43-101(97-94-53)30-31-120-74-67(108)65(106)66(107)68(122-74)73(111)112)36-61(104)47(3)89-63(105)16-11-10-15-60(103)50-20-17-48(18-21-50)19-22-52-41-88-70-64(90-52)72(110)93-79(86)92-70/h8-9,12-14,17-18,20-21,24,37-38,41,43,46-47,49,51,65-68,74-77,91,106-108,113,116-117H,6-7,10-11,15-16,19,22-23,25-36,39-40,42,44-45H2,1-5H3,(H,87,109)(H,89,105)(H,95,114)(H,96,115)(H,111,112)(H3,86,88,92,93,110)/t47-,49+,51+,65-,66-,67?,68?,74+,75-,76+,77+,81-,82+,83-,84+,85+/m0/s1. The number of benzene rings is 3. The Morgan fingerprint density at radius 2 is 1.66 bits per heavy atom. The number of methoxy groups -OCH3 is 1. The SMILES string of the molecule is CC[C@]1(O)C[C@H]2CN(CCc3c([nH]c4ccccc34)[C@@](COC=O)(c3cc4c(cc3OC)N(C)[C@H]3[C@](O)(C(=O)NNC(=O)OCCSSCCNC(=O)[C@@H](CC(=O)[C@H](C)NC(=O)CCCCC(=O)c5ccc(CCc6cnc7nc(N)[nH]c(=O)c7n6)cc5)Cc5cn(CCO[C@@H]6OC(C(=O)O)[C@@H](O)[C@H](O)C6O)nn5)[C@H](O)[C@]5(CC)C=CCN6CC[C@]43[C@@H]65)C2)C1. The highest BCUT2D eigenvalue weighted by Crippen LogP contribution is 2.68. The number of anilines is 2. The zero-order valence-corrected chi connectivity index (χ0v) is 71.3.